The number of hydrogen-bond donors (Lipinski definition) is 2. The number of rotatable bonds is 10. The summed E-state index contributed by atoms with van der Waals surface area (Å²) < 4.78 is 44.8. The van der Waals surface area contributed by atoms with Gasteiger partial charge in [-0.25, -0.2) is 8.42 Å². The van der Waals surface area contributed by atoms with Gasteiger partial charge in [-0.15, -0.1) is 0 Å². The molecule has 1 atom stereocenters. The molecule has 0 amide bonds. The quantitative estimate of drug-likeness (QED) is 0.306. The van der Waals surface area contributed by atoms with Crippen molar-refractivity contribution >= 4 is 27.0 Å². The highest BCUT2D eigenvalue weighted by atomic mass is 32.2. The maximum atomic E-state index is 12.7. The molecule has 0 aliphatic carbocycles. The van der Waals surface area contributed by atoms with Gasteiger partial charge in [0, 0.05) is 5.39 Å². The maximum Gasteiger partial charge on any atom is 0.322 e. The van der Waals surface area contributed by atoms with Gasteiger partial charge < -0.3 is 19.0 Å². The first-order valence-corrected chi connectivity index (χ1v) is 12.8. The van der Waals surface area contributed by atoms with Gasteiger partial charge in [0.05, 0.1) is 12.0 Å². The smallest absolute Gasteiger partial charge is 0.322 e. The van der Waals surface area contributed by atoms with E-state index >= 15 is 0 Å². The number of hydrogen-bond acceptors (Lipinski definition) is 6. The van der Waals surface area contributed by atoms with Crippen molar-refractivity contribution in [1.29, 1.82) is 0 Å². The van der Waals surface area contributed by atoms with Crippen LogP contribution >= 0.6 is 0 Å². The lowest BCUT2D eigenvalue weighted by molar-refractivity contribution is -0.140. The molecule has 8 nitrogen and oxygen atoms in total. The minimum Gasteiger partial charge on any atom is -0.493 e. The summed E-state index contributed by atoms with van der Waals surface area (Å²) in [6, 6.07) is 20.1. The first kappa shape index (κ1) is 25.3. The topological polar surface area (TPSA) is 115 Å². The maximum absolute atomic E-state index is 12.7. The lowest BCUT2D eigenvalue weighted by Gasteiger charge is -2.18. The van der Waals surface area contributed by atoms with Gasteiger partial charge in [-0.1, -0.05) is 50.2 Å². The number of sulfonamides is 1. The number of fused-ring (bicyclic) bond motifs is 1. The van der Waals surface area contributed by atoms with Crippen LogP contribution in [0.1, 0.15) is 19.6 Å². The summed E-state index contributed by atoms with van der Waals surface area (Å²) >= 11 is 0. The lowest BCUT2D eigenvalue weighted by atomic mass is 10.1. The molecule has 36 heavy (non-hydrogen) atoms. The molecule has 0 saturated heterocycles. The molecule has 0 fully saturated rings. The van der Waals surface area contributed by atoms with Crippen LogP contribution in [0.4, 0.5) is 0 Å². The van der Waals surface area contributed by atoms with Crippen molar-refractivity contribution in [1.82, 2.24) is 4.72 Å². The molecule has 0 saturated carbocycles. The predicted octanol–water partition coefficient (Wildman–Crippen LogP) is 5.07. The third-order valence-corrected chi connectivity index (χ3v) is 7.18. The van der Waals surface area contributed by atoms with Gasteiger partial charge in [-0.05, 0) is 53.4 Å². The Hall–Kier alpha value is -3.82. The molecular formula is C27H27NO7S. The van der Waals surface area contributed by atoms with Gasteiger partial charge in [0.15, 0.2) is 11.5 Å². The highest BCUT2D eigenvalue weighted by Crippen LogP contribution is 2.34. The van der Waals surface area contributed by atoms with E-state index in [1.165, 1.54) is 12.1 Å². The fourth-order valence-corrected chi connectivity index (χ4v) is 5.09. The fraction of sp³-hybridized carbons (Fsp3) is 0.222. The van der Waals surface area contributed by atoms with Crippen molar-refractivity contribution in [2.75, 3.05) is 7.11 Å². The van der Waals surface area contributed by atoms with Gasteiger partial charge in [0.1, 0.15) is 24.0 Å². The molecule has 0 spiro atoms. The Morgan fingerprint density at radius 3 is 2.31 bits per heavy atom. The van der Waals surface area contributed by atoms with Gasteiger partial charge in [-0.2, -0.15) is 4.72 Å². The largest absolute Gasteiger partial charge is 0.493 e. The van der Waals surface area contributed by atoms with Crippen molar-refractivity contribution in [3.05, 3.63) is 78.6 Å². The zero-order valence-corrected chi connectivity index (χ0v) is 20.9. The standard InChI is InChI=1S/C27H27NO7S/c1-17(2)26(27(29)30)28-36(31,32)22-11-8-18(9-12-22)19-10-13-24(25(15-19)33-3)34-16-21-14-20-6-4-5-7-23(20)35-21/h4-15,17,26,28H,16H2,1-3H3,(H,29,30). The van der Waals surface area contributed by atoms with Crippen molar-refractivity contribution in [2.45, 2.75) is 31.4 Å². The van der Waals surface area contributed by atoms with Crippen LogP contribution in [0.2, 0.25) is 0 Å². The molecule has 4 aromatic rings. The predicted molar refractivity (Wildman–Crippen MR) is 136 cm³/mol. The second kappa shape index (κ2) is 10.4. The SMILES string of the molecule is COc1cc(-c2ccc(S(=O)(=O)NC(C(=O)O)C(C)C)cc2)ccc1OCc1cc2ccccc2o1. The van der Waals surface area contributed by atoms with Gasteiger partial charge in [0.25, 0.3) is 0 Å². The summed E-state index contributed by atoms with van der Waals surface area (Å²) in [5, 5.41) is 10.3. The van der Waals surface area contributed by atoms with Crippen LogP contribution in [0.25, 0.3) is 22.1 Å². The summed E-state index contributed by atoms with van der Waals surface area (Å²) in [7, 11) is -2.45. The van der Waals surface area contributed by atoms with Crippen molar-refractivity contribution in [3.8, 4) is 22.6 Å². The fourth-order valence-electron chi connectivity index (χ4n) is 3.76. The molecule has 2 N–H and O–H groups in total. The summed E-state index contributed by atoms with van der Waals surface area (Å²) in [6.45, 7) is 3.52. The zero-order valence-electron chi connectivity index (χ0n) is 20.1. The Kier molecular flexibility index (Phi) is 7.32. The van der Waals surface area contributed by atoms with E-state index in [1.807, 2.05) is 36.4 Å². The van der Waals surface area contributed by atoms with E-state index in [0.717, 1.165) is 22.1 Å². The number of carboxylic acid groups (broad SMARTS) is 1. The van der Waals surface area contributed by atoms with E-state index in [1.54, 1.807) is 45.2 Å². The number of carbonyl (C=O) groups is 1. The van der Waals surface area contributed by atoms with E-state index in [-0.39, 0.29) is 11.5 Å². The molecular weight excluding hydrogens is 482 g/mol. The molecule has 3 aromatic carbocycles. The number of ether oxygens (including phenoxy) is 2. The molecule has 1 unspecified atom stereocenters. The summed E-state index contributed by atoms with van der Waals surface area (Å²) in [4.78, 5) is 11.4. The van der Waals surface area contributed by atoms with Crippen molar-refractivity contribution in [3.63, 3.8) is 0 Å². The molecule has 0 aliphatic rings. The minimum absolute atomic E-state index is 0.0177. The van der Waals surface area contributed by atoms with Crippen LogP contribution in [0, 0.1) is 5.92 Å². The normalized spacial score (nSPS) is 12.6. The van der Waals surface area contributed by atoms with Crippen molar-refractivity contribution in [2.24, 2.45) is 5.92 Å². The monoisotopic (exact) mass is 509 g/mol. The molecule has 1 aromatic heterocycles. The molecule has 1 heterocycles. The van der Waals surface area contributed by atoms with Crippen LogP contribution in [-0.4, -0.2) is 32.6 Å². The van der Waals surface area contributed by atoms with Crippen molar-refractivity contribution < 1.29 is 32.2 Å². The first-order valence-electron chi connectivity index (χ1n) is 11.3. The van der Waals surface area contributed by atoms with E-state index in [0.29, 0.717) is 17.3 Å². The number of carboxylic acids is 1. The Morgan fingerprint density at radius 2 is 1.67 bits per heavy atom. The Labute approximate surface area is 209 Å². The summed E-state index contributed by atoms with van der Waals surface area (Å²) in [5.41, 5.74) is 2.35. The van der Waals surface area contributed by atoms with Crippen LogP contribution in [0.5, 0.6) is 11.5 Å². The number of furan rings is 1. The molecule has 4 rings (SSSR count). The Balaban J connectivity index is 1.49. The highest BCUT2D eigenvalue weighted by molar-refractivity contribution is 7.89. The minimum atomic E-state index is -4.00. The number of para-hydroxylation sites is 1. The summed E-state index contributed by atoms with van der Waals surface area (Å²) in [6.07, 6.45) is 0. The van der Waals surface area contributed by atoms with E-state index in [4.69, 9.17) is 13.9 Å². The number of nitrogens with one attached hydrogen (secondary N) is 1. The third-order valence-electron chi connectivity index (χ3n) is 5.72. The number of benzene rings is 3. The lowest BCUT2D eigenvalue weighted by Crippen LogP contribution is -2.44. The van der Waals surface area contributed by atoms with Crippen LogP contribution in [0.3, 0.4) is 0 Å². The van der Waals surface area contributed by atoms with E-state index in [2.05, 4.69) is 4.72 Å². The molecule has 0 radical (unpaired) electrons. The Bertz CT molecular complexity index is 1440. The van der Waals surface area contributed by atoms with Crippen LogP contribution in [0.15, 0.2) is 82.1 Å². The molecule has 9 heteroatoms. The third kappa shape index (κ3) is 5.53. The zero-order chi connectivity index (χ0) is 25.9. The highest BCUT2D eigenvalue weighted by Gasteiger charge is 2.28. The number of methoxy groups -OCH3 is 1. The molecule has 188 valence electrons. The van der Waals surface area contributed by atoms with Gasteiger partial charge in [-0.3, -0.25) is 4.79 Å². The van der Waals surface area contributed by atoms with Gasteiger partial charge in [0.2, 0.25) is 10.0 Å². The Morgan fingerprint density at radius 1 is 0.972 bits per heavy atom. The van der Waals surface area contributed by atoms with Gasteiger partial charge >= 0.3 is 5.97 Å². The first-order chi connectivity index (χ1) is 17.2. The van der Waals surface area contributed by atoms with Crippen LogP contribution < -0.4 is 14.2 Å². The second-order valence-corrected chi connectivity index (χ2v) is 10.3. The molecule has 0 bridgehead atoms. The summed E-state index contributed by atoms with van der Waals surface area (Å²) in [5.74, 6) is 0.119. The molecule has 0 aliphatic heterocycles. The second-order valence-electron chi connectivity index (χ2n) is 8.61. The van der Waals surface area contributed by atoms with E-state index in [9.17, 15) is 18.3 Å². The average molecular weight is 510 g/mol. The number of aliphatic carboxylic acids is 1. The average Bonchev–Trinajstić information content (AvgIpc) is 3.29. The van der Waals surface area contributed by atoms with E-state index < -0.39 is 28.0 Å². The van der Waals surface area contributed by atoms with Crippen LogP contribution in [-0.2, 0) is 21.4 Å².